The molecule has 10 heteroatoms. The Bertz CT molecular complexity index is 1450. The summed E-state index contributed by atoms with van der Waals surface area (Å²) in [7, 11) is 0. The number of carbonyl (C=O) groups excluding carboxylic acids is 2. The summed E-state index contributed by atoms with van der Waals surface area (Å²) < 4.78 is 29.1. The number of hydrogen-bond donors (Lipinski definition) is 1. The molecule has 1 aromatic carbocycles. The van der Waals surface area contributed by atoms with E-state index >= 15 is 0 Å². The van der Waals surface area contributed by atoms with Gasteiger partial charge >= 0.3 is 11.9 Å². The van der Waals surface area contributed by atoms with Crippen molar-refractivity contribution < 1.29 is 33.3 Å². The normalized spacial score (nSPS) is 24.6. The monoisotopic (exact) mass is 582 g/mol. The molecule has 4 atom stereocenters. The van der Waals surface area contributed by atoms with E-state index in [0.717, 1.165) is 29.5 Å². The number of esters is 2. The molecular formula is C31H35ClN2O7. The van der Waals surface area contributed by atoms with E-state index in [2.05, 4.69) is 17.1 Å². The van der Waals surface area contributed by atoms with E-state index in [4.69, 9.17) is 40.3 Å². The Balaban J connectivity index is 1.14. The molecule has 3 aromatic rings. The van der Waals surface area contributed by atoms with Gasteiger partial charge < -0.3 is 28.7 Å². The van der Waals surface area contributed by atoms with Gasteiger partial charge in [0, 0.05) is 17.0 Å². The second kappa shape index (κ2) is 10.9. The first-order valence-corrected chi connectivity index (χ1v) is 14.6. The van der Waals surface area contributed by atoms with Gasteiger partial charge in [0.2, 0.25) is 0 Å². The van der Waals surface area contributed by atoms with Crippen molar-refractivity contribution in [2.75, 3.05) is 19.8 Å². The Hall–Kier alpha value is -3.14. The highest BCUT2D eigenvalue weighted by atomic mass is 35.5. The van der Waals surface area contributed by atoms with E-state index in [1.54, 1.807) is 13.8 Å². The first-order valence-electron chi connectivity index (χ1n) is 14.2. The molecule has 1 saturated carbocycles. The average molecular weight is 583 g/mol. The lowest BCUT2D eigenvalue weighted by Crippen LogP contribution is -2.36. The van der Waals surface area contributed by atoms with Gasteiger partial charge in [0.05, 0.1) is 46.8 Å². The molecule has 2 saturated heterocycles. The predicted molar refractivity (Wildman–Crippen MR) is 152 cm³/mol. The quantitative estimate of drug-likeness (QED) is 0.342. The fourth-order valence-corrected chi connectivity index (χ4v) is 5.64. The fraction of sp³-hybridized carbons (Fsp3) is 0.516. The van der Waals surface area contributed by atoms with Crippen LogP contribution >= 0.6 is 11.6 Å². The highest BCUT2D eigenvalue weighted by molar-refractivity contribution is 6.33. The lowest BCUT2D eigenvalue weighted by atomic mass is 9.95. The van der Waals surface area contributed by atoms with Gasteiger partial charge in [-0.05, 0) is 24.5 Å². The van der Waals surface area contributed by atoms with Crippen LogP contribution in [0.25, 0.3) is 22.3 Å². The number of rotatable bonds is 9. The van der Waals surface area contributed by atoms with Crippen LogP contribution in [0.2, 0.25) is 5.02 Å². The highest BCUT2D eigenvalue weighted by Crippen LogP contribution is 2.49. The van der Waals surface area contributed by atoms with Gasteiger partial charge in [-0.3, -0.25) is 9.59 Å². The minimum absolute atomic E-state index is 0.0980. The summed E-state index contributed by atoms with van der Waals surface area (Å²) in [5.74, 6) is -0.256. The molecule has 0 radical (unpaired) electrons. The van der Waals surface area contributed by atoms with Gasteiger partial charge in [0.25, 0.3) is 0 Å². The maximum Gasteiger partial charge on any atom is 0.308 e. The topological polar surface area (TPSA) is 109 Å². The number of fused-ring (bicyclic) bond motifs is 2. The third-order valence-corrected chi connectivity index (χ3v) is 8.39. The van der Waals surface area contributed by atoms with Crippen LogP contribution in [0, 0.1) is 11.8 Å². The number of hydrogen-bond acceptors (Lipinski definition) is 8. The standard InChI is InChI=1S/C31H35ClN2O7/c1-16(2)29(35)39-15-31(9-10-31)19-7-5-18(6-8-19)26-20(32)11-21-22(34-26)12-25(33-21)40-23-13-37-28-24(14-38-27(23)28)41-30(36)17(3)4/h5-8,11-12,16-17,23-24,27-28,33H,9-10,13-15H2,1-4H3/t23-,24-,27-,28-/m1/s1. The number of H-pyrrole nitrogens is 1. The maximum atomic E-state index is 12.0. The Morgan fingerprint density at radius 2 is 1.66 bits per heavy atom. The molecule has 0 unspecified atom stereocenters. The summed E-state index contributed by atoms with van der Waals surface area (Å²) in [6.45, 7) is 8.29. The SMILES string of the molecule is CC(C)C(=O)OCC1(c2ccc(-c3nc4cc(O[C@@H]5CO[C@H]6[C@@H]5OC[C@H]6OC(=O)C(C)C)[nH]c4cc3Cl)cc2)CC1. The molecule has 1 N–H and O–H groups in total. The zero-order chi connectivity index (χ0) is 28.9. The smallest absolute Gasteiger partial charge is 0.308 e. The molecule has 9 nitrogen and oxygen atoms in total. The molecule has 3 aliphatic rings. The van der Waals surface area contributed by atoms with Crippen molar-refractivity contribution in [3.05, 3.63) is 47.0 Å². The van der Waals surface area contributed by atoms with Crippen LogP contribution in [0.1, 0.15) is 46.1 Å². The number of pyridine rings is 1. The maximum absolute atomic E-state index is 12.0. The number of ether oxygens (including phenoxy) is 5. The Kier molecular flexibility index (Phi) is 7.46. The minimum Gasteiger partial charge on any atom is -0.470 e. The summed E-state index contributed by atoms with van der Waals surface area (Å²) in [6, 6.07) is 11.9. The van der Waals surface area contributed by atoms with Crippen molar-refractivity contribution in [1.29, 1.82) is 0 Å². The van der Waals surface area contributed by atoms with E-state index in [0.29, 0.717) is 35.3 Å². The molecule has 2 aromatic heterocycles. The summed E-state index contributed by atoms with van der Waals surface area (Å²) in [5.41, 5.74) is 4.09. The number of halogens is 1. The molecule has 0 amide bonds. The van der Waals surface area contributed by atoms with Gasteiger partial charge in [-0.2, -0.15) is 0 Å². The summed E-state index contributed by atoms with van der Waals surface area (Å²) in [5, 5.41) is 0.517. The lowest BCUT2D eigenvalue weighted by Gasteiger charge is -2.18. The molecule has 218 valence electrons. The van der Waals surface area contributed by atoms with Crippen molar-refractivity contribution in [1.82, 2.24) is 9.97 Å². The molecular weight excluding hydrogens is 548 g/mol. The summed E-state index contributed by atoms with van der Waals surface area (Å²) in [4.78, 5) is 32.1. The van der Waals surface area contributed by atoms with Crippen LogP contribution in [0.3, 0.4) is 0 Å². The highest BCUT2D eigenvalue weighted by Gasteiger charge is 2.51. The van der Waals surface area contributed by atoms with E-state index in [-0.39, 0.29) is 54.1 Å². The molecule has 1 aliphatic carbocycles. The Labute approximate surface area is 243 Å². The number of aromatic amines is 1. The van der Waals surface area contributed by atoms with Gasteiger partial charge in [0.1, 0.15) is 18.8 Å². The number of nitrogens with zero attached hydrogens (tertiary/aromatic N) is 1. The van der Waals surface area contributed by atoms with Crippen LogP contribution in [0.5, 0.6) is 5.88 Å². The molecule has 41 heavy (non-hydrogen) atoms. The minimum atomic E-state index is -0.439. The van der Waals surface area contributed by atoms with Crippen molar-refractivity contribution in [3.8, 4) is 17.1 Å². The lowest BCUT2D eigenvalue weighted by molar-refractivity contribution is -0.157. The number of benzene rings is 1. The molecule has 3 fully saturated rings. The van der Waals surface area contributed by atoms with E-state index in [9.17, 15) is 9.59 Å². The molecule has 0 bridgehead atoms. The third kappa shape index (κ3) is 5.55. The predicted octanol–water partition coefficient (Wildman–Crippen LogP) is 5.23. The molecule has 4 heterocycles. The fourth-order valence-electron chi connectivity index (χ4n) is 5.38. The second-order valence-electron chi connectivity index (χ2n) is 11.9. The number of nitrogens with one attached hydrogen (secondary N) is 1. The zero-order valence-corrected chi connectivity index (χ0v) is 24.4. The average Bonchev–Trinajstić information content (AvgIpc) is 3.25. The summed E-state index contributed by atoms with van der Waals surface area (Å²) >= 11 is 6.66. The van der Waals surface area contributed by atoms with Crippen LogP contribution in [0.4, 0.5) is 0 Å². The van der Waals surface area contributed by atoms with Crippen molar-refractivity contribution in [2.24, 2.45) is 11.8 Å². The number of carbonyl (C=O) groups is 2. The third-order valence-electron chi connectivity index (χ3n) is 8.10. The molecule has 6 rings (SSSR count). The second-order valence-corrected chi connectivity index (χ2v) is 12.3. The Morgan fingerprint density at radius 1 is 1.00 bits per heavy atom. The largest absolute Gasteiger partial charge is 0.470 e. The van der Waals surface area contributed by atoms with E-state index < -0.39 is 6.10 Å². The van der Waals surface area contributed by atoms with E-state index in [1.165, 1.54) is 0 Å². The zero-order valence-electron chi connectivity index (χ0n) is 23.6. The van der Waals surface area contributed by atoms with Crippen molar-refractivity contribution in [3.63, 3.8) is 0 Å². The van der Waals surface area contributed by atoms with Gasteiger partial charge in [-0.25, -0.2) is 4.98 Å². The van der Waals surface area contributed by atoms with Gasteiger partial charge in [0.15, 0.2) is 18.1 Å². The first kappa shape index (κ1) is 28.0. The Morgan fingerprint density at radius 3 is 2.32 bits per heavy atom. The number of aromatic nitrogens is 2. The van der Waals surface area contributed by atoms with Crippen molar-refractivity contribution >= 4 is 34.6 Å². The van der Waals surface area contributed by atoms with Crippen molar-refractivity contribution in [2.45, 2.75) is 70.4 Å². The van der Waals surface area contributed by atoms with Crippen LogP contribution in [0.15, 0.2) is 36.4 Å². The van der Waals surface area contributed by atoms with Crippen LogP contribution in [-0.2, 0) is 34.0 Å². The first-order chi connectivity index (χ1) is 19.6. The van der Waals surface area contributed by atoms with Crippen LogP contribution in [-0.4, -0.2) is 66.1 Å². The molecule has 2 aliphatic heterocycles. The summed E-state index contributed by atoms with van der Waals surface area (Å²) in [6.07, 6.45) is 0.513. The van der Waals surface area contributed by atoms with Gasteiger partial charge in [-0.15, -0.1) is 0 Å². The van der Waals surface area contributed by atoms with Gasteiger partial charge in [-0.1, -0.05) is 63.6 Å². The van der Waals surface area contributed by atoms with Crippen LogP contribution < -0.4 is 4.74 Å². The van der Waals surface area contributed by atoms with E-state index in [1.807, 2.05) is 38.1 Å². The molecule has 0 spiro atoms.